The lowest BCUT2D eigenvalue weighted by Gasteiger charge is -2.26. The number of rotatable bonds is 0. The molecule has 0 unspecified atom stereocenters. The van der Waals surface area contributed by atoms with Crippen molar-refractivity contribution in [1.29, 1.82) is 0 Å². The maximum atomic E-state index is 12.6. The fourth-order valence-electron chi connectivity index (χ4n) is 3.52. The Morgan fingerprint density at radius 2 is 1.87 bits per heavy atom. The van der Waals surface area contributed by atoms with Gasteiger partial charge in [-0.2, -0.15) is 0 Å². The largest absolute Gasteiger partial charge is 0.454 e. The van der Waals surface area contributed by atoms with Crippen LogP contribution in [0.4, 0.5) is 0 Å². The number of carbonyl (C=O) groups excluding carboxylic acids is 2. The van der Waals surface area contributed by atoms with Gasteiger partial charge in [0, 0.05) is 25.4 Å². The third kappa shape index (κ3) is 2.27. The first-order valence-electron chi connectivity index (χ1n) is 7.64. The molecule has 0 radical (unpaired) electrons. The van der Waals surface area contributed by atoms with Gasteiger partial charge in [0.1, 0.15) is 5.78 Å². The molecule has 23 heavy (non-hydrogen) atoms. The van der Waals surface area contributed by atoms with Crippen LogP contribution in [0.2, 0.25) is 0 Å². The van der Waals surface area contributed by atoms with Crippen LogP contribution in [-0.4, -0.2) is 52.3 Å². The first kappa shape index (κ1) is 14.5. The zero-order chi connectivity index (χ0) is 16.1. The topological polar surface area (TPSA) is 96.3 Å². The molecular weight excluding hydrogens is 302 g/mol. The van der Waals surface area contributed by atoms with Crippen LogP contribution < -0.4 is 9.47 Å². The van der Waals surface area contributed by atoms with Crippen molar-refractivity contribution in [2.45, 2.75) is 37.5 Å². The van der Waals surface area contributed by atoms with Gasteiger partial charge in [-0.25, -0.2) is 0 Å². The summed E-state index contributed by atoms with van der Waals surface area (Å²) in [6.45, 7) is 0.773. The molecule has 0 aliphatic carbocycles. The molecule has 3 heterocycles. The highest BCUT2D eigenvalue weighted by atomic mass is 16.7. The van der Waals surface area contributed by atoms with E-state index < -0.39 is 24.0 Å². The van der Waals surface area contributed by atoms with Crippen LogP contribution in [0.25, 0.3) is 0 Å². The van der Waals surface area contributed by atoms with E-state index in [0.717, 1.165) is 11.1 Å². The number of benzene rings is 1. The van der Waals surface area contributed by atoms with E-state index in [1.54, 1.807) is 12.1 Å². The van der Waals surface area contributed by atoms with Crippen molar-refractivity contribution >= 4 is 11.7 Å². The maximum absolute atomic E-state index is 12.6. The molecule has 3 aliphatic rings. The summed E-state index contributed by atoms with van der Waals surface area (Å²) in [6, 6.07) is 3.60. The van der Waals surface area contributed by atoms with Crippen molar-refractivity contribution in [1.82, 2.24) is 4.90 Å². The van der Waals surface area contributed by atoms with Crippen molar-refractivity contribution in [2.24, 2.45) is 0 Å². The Morgan fingerprint density at radius 1 is 1.13 bits per heavy atom. The maximum Gasteiger partial charge on any atom is 0.254 e. The molecule has 3 aliphatic heterocycles. The SMILES string of the molecule is O=C1C[C@@H](O)[C@H](O)C(=O)N2CC[C@@H]1c1cc3c(cc1C2)OCO3. The van der Waals surface area contributed by atoms with Gasteiger partial charge >= 0.3 is 0 Å². The molecule has 7 nitrogen and oxygen atoms in total. The van der Waals surface area contributed by atoms with Crippen LogP contribution in [0, 0.1) is 0 Å². The second kappa shape index (κ2) is 5.21. The summed E-state index contributed by atoms with van der Waals surface area (Å²) in [7, 11) is 0. The number of aliphatic hydroxyl groups excluding tert-OH is 2. The predicted octanol–water partition coefficient (Wildman–Crippen LogP) is -0.0742. The number of nitrogens with zero attached hydrogens (tertiary/aromatic N) is 1. The minimum Gasteiger partial charge on any atom is -0.454 e. The van der Waals surface area contributed by atoms with E-state index in [0.29, 0.717) is 24.5 Å². The van der Waals surface area contributed by atoms with E-state index >= 15 is 0 Å². The Morgan fingerprint density at radius 3 is 2.65 bits per heavy atom. The van der Waals surface area contributed by atoms with Crippen LogP contribution in [0.15, 0.2) is 12.1 Å². The van der Waals surface area contributed by atoms with Gasteiger partial charge < -0.3 is 24.6 Å². The molecule has 0 aromatic heterocycles. The number of ether oxygens (including phenoxy) is 2. The lowest BCUT2D eigenvalue weighted by molar-refractivity contribution is -0.147. The van der Waals surface area contributed by atoms with Crippen molar-refractivity contribution in [2.75, 3.05) is 13.3 Å². The summed E-state index contributed by atoms with van der Waals surface area (Å²) in [5.41, 5.74) is 1.64. The van der Waals surface area contributed by atoms with E-state index in [9.17, 15) is 19.8 Å². The molecule has 2 N–H and O–H groups in total. The highest BCUT2D eigenvalue weighted by molar-refractivity contribution is 5.90. The fourth-order valence-corrected chi connectivity index (χ4v) is 3.52. The molecule has 7 heteroatoms. The Bertz CT molecular complexity index is 687. The van der Waals surface area contributed by atoms with Crippen molar-refractivity contribution in [3.63, 3.8) is 0 Å². The van der Waals surface area contributed by atoms with Crippen LogP contribution >= 0.6 is 0 Å². The van der Waals surface area contributed by atoms with Gasteiger partial charge in [0.25, 0.3) is 5.91 Å². The first-order chi connectivity index (χ1) is 11.0. The number of carbonyl (C=O) groups is 2. The summed E-state index contributed by atoms with van der Waals surface area (Å²) in [6.07, 6.45) is -2.70. The number of hydrogen-bond acceptors (Lipinski definition) is 6. The smallest absolute Gasteiger partial charge is 0.254 e. The molecule has 2 bridgehead atoms. The molecule has 1 aromatic carbocycles. The number of ketones is 1. The molecular formula is C16H17NO6. The zero-order valence-corrected chi connectivity index (χ0v) is 12.4. The molecule has 1 amide bonds. The molecule has 1 saturated heterocycles. The second-order valence-electron chi connectivity index (χ2n) is 6.19. The van der Waals surface area contributed by atoms with Crippen LogP contribution in [0.5, 0.6) is 11.5 Å². The average Bonchev–Trinajstić information content (AvgIpc) is 2.90. The fraction of sp³-hybridized carbons (Fsp3) is 0.500. The summed E-state index contributed by atoms with van der Waals surface area (Å²) in [5, 5.41) is 19.9. The van der Waals surface area contributed by atoms with Gasteiger partial charge in [-0.05, 0) is 29.7 Å². The third-order valence-corrected chi connectivity index (χ3v) is 4.79. The summed E-state index contributed by atoms with van der Waals surface area (Å²) >= 11 is 0. The van der Waals surface area contributed by atoms with Crippen LogP contribution in [0.3, 0.4) is 0 Å². The zero-order valence-electron chi connectivity index (χ0n) is 12.4. The standard InChI is InChI=1S/C16H17NO6/c18-11-5-12(19)15(20)16(21)17-2-1-9(11)10-4-14-13(22-7-23-14)3-8(10)6-17/h3-4,9,12,15,19-20H,1-2,5-7H2/t9-,12-,15+/m1/s1. The van der Waals surface area contributed by atoms with Crippen LogP contribution in [-0.2, 0) is 16.1 Å². The van der Waals surface area contributed by atoms with Gasteiger partial charge in [0.15, 0.2) is 17.6 Å². The molecule has 1 fully saturated rings. The van der Waals surface area contributed by atoms with Crippen molar-refractivity contribution < 1.29 is 29.3 Å². The Labute approximate surface area is 132 Å². The molecule has 3 atom stereocenters. The number of aliphatic hydroxyl groups is 2. The van der Waals surface area contributed by atoms with E-state index in [1.807, 2.05) is 0 Å². The summed E-state index contributed by atoms with van der Waals surface area (Å²) in [4.78, 5) is 26.4. The van der Waals surface area contributed by atoms with E-state index in [1.165, 1.54) is 4.90 Å². The van der Waals surface area contributed by atoms with Gasteiger partial charge in [-0.1, -0.05) is 0 Å². The van der Waals surface area contributed by atoms with Gasteiger partial charge in [0.05, 0.1) is 6.10 Å². The quantitative estimate of drug-likeness (QED) is 0.695. The summed E-state index contributed by atoms with van der Waals surface area (Å²) in [5.74, 6) is 0.0581. The second-order valence-corrected chi connectivity index (χ2v) is 6.19. The lowest BCUT2D eigenvalue weighted by atomic mass is 9.86. The van der Waals surface area contributed by atoms with E-state index in [2.05, 4.69) is 0 Å². The Kier molecular flexibility index (Phi) is 3.28. The third-order valence-electron chi connectivity index (χ3n) is 4.79. The first-order valence-corrected chi connectivity index (χ1v) is 7.64. The Balaban J connectivity index is 1.84. The monoisotopic (exact) mass is 319 g/mol. The van der Waals surface area contributed by atoms with E-state index in [-0.39, 0.29) is 25.5 Å². The van der Waals surface area contributed by atoms with Crippen molar-refractivity contribution in [3.05, 3.63) is 23.3 Å². The number of hydrogen-bond donors (Lipinski definition) is 2. The van der Waals surface area contributed by atoms with Crippen molar-refractivity contribution in [3.8, 4) is 11.5 Å². The highest BCUT2D eigenvalue weighted by Crippen LogP contribution is 2.41. The normalized spacial score (nSPS) is 29.7. The highest BCUT2D eigenvalue weighted by Gasteiger charge is 2.39. The molecule has 122 valence electrons. The summed E-state index contributed by atoms with van der Waals surface area (Å²) < 4.78 is 10.8. The predicted molar refractivity (Wildman–Crippen MR) is 77.0 cm³/mol. The minimum absolute atomic E-state index is 0.136. The molecule has 1 aromatic rings. The molecule has 0 spiro atoms. The molecule has 4 rings (SSSR count). The molecule has 0 saturated carbocycles. The number of amides is 1. The van der Waals surface area contributed by atoms with Gasteiger partial charge in [-0.15, -0.1) is 0 Å². The number of fused-ring (bicyclic) bond motifs is 6. The van der Waals surface area contributed by atoms with Gasteiger partial charge in [-0.3, -0.25) is 9.59 Å². The van der Waals surface area contributed by atoms with Crippen LogP contribution in [0.1, 0.15) is 29.9 Å². The Hall–Kier alpha value is -2.12. The average molecular weight is 319 g/mol. The number of Topliss-reactive ketones (excluding diaryl/α,β-unsaturated/α-hetero) is 1. The minimum atomic E-state index is -1.56. The van der Waals surface area contributed by atoms with E-state index in [4.69, 9.17) is 9.47 Å². The lowest BCUT2D eigenvalue weighted by Crippen LogP contribution is -2.44. The van der Waals surface area contributed by atoms with Gasteiger partial charge in [0.2, 0.25) is 6.79 Å².